The van der Waals surface area contributed by atoms with Gasteiger partial charge in [0.05, 0.1) is 18.4 Å². The lowest BCUT2D eigenvalue weighted by Gasteiger charge is -2.10. The molecule has 2 aromatic rings. The summed E-state index contributed by atoms with van der Waals surface area (Å²) in [4.78, 5) is 0. The number of nitrogens with two attached hydrogens (primary N) is 1. The van der Waals surface area contributed by atoms with Gasteiger partial charge in [0, 0.05) is 0 Å². The van der Waals surface area contributed by atoms with Crippen LogP contribution in [0.4, 0.5) is 5.88 Å². The third-order valence-electron chi connectivity index (χ3n) is 3.24. The number of hydrogen-bond donors (Lipinski definition) is 1. The largest absolute Gasteiger partial charge is 0.496 e. The van der Waals surface area contributed by atoms with Gasteiger partial charge in [-0.15, -0.1) is 0 Å². The fourth-order valence-corrected chi connectivity index (χ4v) is 2.21. The second-order valence-corrected chi connectivity index (χ2v) is 4.84. The summed E-state index contributed by atoms with van der Waals surface area (Å²) in [5, 5.41) is 4.06. The number of methoxy groups -OCH3 is 1. The van der Waals surface area contributed by atoms with Gasteiger partial charge in [-0.1, -0.05) is 32.0 Å². The fraction of sp³-hybridized carbons (Fsp3) is 0.400. The second kappa shape index (κ2) is 5.34. The van der Waals surface area contributed by atoms with Crippen molar-refractivity contribution in [2.45, 2.75) is 33.1 Å². The summed E-state index contributed by atoms with van der Waals surface area (Å²) in [6, 6.07) is 6.05. The Morgan fingerprint density at radius 1 is 1.37 bits per heavy atom. The molecule has 4 heteroatoms. The molecule has 102 valence electrons. The molecule has 0 aliphatic heterocycles. The molecule has 0 spiro atoms. The monoisotopic (exact) mass is 260 g/mol. The summed E-state index contributed by atoms with van der Waals surface area (Å²) < 4.78 is 10.5. The van der Waals surface area contributed by atoms with Gasteiger partial charge in [0.15, 0.2) is 0 Å². The number of hydrogen-bond acceptors (Lipinski definition) is 4. The van der Waals surface area contributed by atoms with E-state index in [1.54, 1.807) is 7.11 Å². The number of ether oxygens (including phenoxy) is 1. The van der Waals surface area contributed by atoms with Gasteiger partial charge in [-0.25, -0.2) is 0 Å². The minimum atomic E-state index is 0.267. The first-order valence-electron chi connectivity index (χ1n) is 6.50. The van der Waals surface area contributed by atoms with Crippen molar-refractivity contribution in [1.29, 1.82) is 0 Å². The number of aryl methyl sites for hydroxylation is 1. The van der Waals surface area contributed by atoms with Crippen molar-refractivity contribution in [2.24, 2.45) is 0 Å². The molecule has 19 heavy (non-hydrogen) atoms. The quantitative estimate of drug-likeness (QED) is 0.912. The first-order chi connectivity index (χ1) is 9.08. The standard InChI is InChI=1S/C15H20N2O2/c1-5-10-8-11(6-7-12(10)18-4)13-14(9(2)3)17-19-15(13)16/h6-9H,5,16H2,1-4H3. The highest BCUT2D eigenvalue weighted by Gasteiger charge is 2.19. The molecular formula is C15H20N2O2. The van der Waals surface area contributed by atoms with Crippen LogP contribution in [0.3, 0.4) is 0 Å². The predicted molar refractivity (Wildman–Crippen MR) is 76.4 cm³/mol. The van der Waals surface area contributed by atoms with Crippen molar-refractivity contribution in [3.8, 4) is 16.9 Å². The van der Waals surface area contributed by atoms with E-state index in [-0.39, 0.29) is 5.92 Å². The van der Waals surface area contributed by atoms with E-state index in [0.717, 1.165) is 34.6 Å². The SMILES string of the molecule is CCc1cc(-c2c(C(C)C)noc2N)ccc1OC. The molecule has 4 nitrogen and oxygen atoms in total. The molecule has 0 bridgehead atoms. The number of nitrogens with zero attached hydrogens (tertiary/aromatic N) is 1. The molecule has 1 aromatic heterocycles. The van der Waals surface area contributed by atoms with Crippen LogP contribution in [-0.4, -0.2) is 12.3 Å². The summed E-state index contributed by atoms with van der Waals surface area (Å²) in [7, 11) is 1.68. The van der Waals surface area contributed by atoms with Crippen LogP contribution in [0.15, 0.2) is 22.7 Å². The van der Waals surface area contributed by atoms with E-state index in [9.17, 15) is 0 Å². The lowest BCUT2D eigenvalue weighted by molar-refractivity contribution is 0.410. The molecule has 0 amide bonds. The molecule has 2 N–H and O–H groups in total. The Balaban J connectivity index is 2.56. The zero-order valence-electron chi connectivity index (χ0n) is 11.9. The summed E-state index contributed by atoms with van der Waals surface area (Å²) >= 11 is 0. The maximum atomic E-state index is 5.91. The Morgan fingerprint density at radius 3 is 2.68 bits per heavy atom. The molecule has 0 atom stereocenters. The van der Waals surface area contributed by atoms with Crippen LogP contribution in [0.25, 0.3) is 11.1 Å². The minimum absolute atomic E-state index is 0.267. The van der Waals surface area contributed by atoms with E-state index in [4.69, 9.17) is 15.0 Å². The second-order valence-electron chi connectivity index (χ2n) is 4.84. The highest BCUT2D eigenvalue weighted by atomic mass is 16.5. The lowest BCUT2D eigenvalue weighted by Crippen LogP contribution is -1.95. The zero-order chi connectivity index (χ0) is 14.0. The molecule has 1 aromatic carbocycles. The van der Waals surface area contributed by atoms with E-state index in [1.165, 1.54) is 0 Å². The molecule has 0 saturated carbocycles. The fourth-order valence-electron chi connectivity index (χ4n) is 2.21. The Morgan fingerprint density at radius 2 is 2.11 bits per heavy atom. The van der Waals surface area contributed by atoms with Gasteiger partial charge in [0.1, 0.15) is 5.75 Å². The zero-order valence-corrected chi connectivity index (χ0v) is 11.9. The Kier molecular flexibility index (Phi) is 3.79. The summed E-state index contributed by atoms with van der Waals surface area (Å²) in [6.07, 6.45) is 0.902. The Hall–Kier alpha value is -1.97. The van der Waals surface area contributed by atoms with Crippen molar-refractivity contribution in [3.63, 3.8) is 0 Å². The molecule has 1 heterocycles. The van der Waals surface area contributed by atoms with Gasteiger partial charge in [-0.2, -0.15) is 0 Å². The number of aromatic nitrogens is 1. The van der Waals surface area contributed by atoms with Gasteiger partial charge in [-0.3, -0.25) is 0 Å². The van der Waals surface area contributed by atoms with Gasteiger partial charge >= 0.3 is 0 Å². The third-order valence-corrected chi connectivity index (χ3v) is 3.24. The van der Waals surface area contributed by atoms with E-state index < -0.39 is 0 Å². The lowest BCUT2D eigenvalue weighted by atomic mass is 9.97. The molecule has 0 aliphatic rings. The van der Waals surface area contributed by atoms with Crippen molar-refractivity contribution >= 4 is 5.88 Å². The van der Waals surface area contributed by atoms with E-state index in [1.807, 2.05) is 12.1 Å². The predicted octanol–water partition coefficient (Wildman–Crippen LogP) is 3.62. The molecule has 2 rings (SSSR count). The van der Waals surface area contributed by atoms with Crippen LogP contribution in [0.1, 0.15) is 37.9 Å². The Bertz CT molecular complexity index is 574. The first-order valence-corrected chi connectivity index (χ1v) is 6.50. The normalized spacial score (nSPS) is 11.0. The van der Waals surface area contributed by atoms with Crippen LogP contribution in [0, 0.1) is 0 Å². The van der Waals surface area contributed by atoms with Crippen molar-refractivity contribution in [3.05, 3.63) is 29.5 Å². The molecule has 0 radical (unpaired) electrons. The molecule has 0 unspecified atom stereocenters. The number of benzene rings is 1. The number of nitrogen functional groups attached to an aromatic ring is 1. The van der Waals surface area contributed by atoms with E-state index in [0.29, 0.717) is 5.88 Å². The van der Waals surface area contributed by atoms with E-state index >= 15 is 0 Å². The maximum absolute atomic E-state index is 5.91. The van der Waals surface area contributed by atoms with Crippen molar-refractivity contribution in [1.82, 2.24) is 5.16 Å². The van der Waals surface area contributed by atoms with Crippen LogP contribution < -0.4 is 10.5 Å². The average molecular weight is 260 g/mol. The van der Waals surface area contributed by atoms with Gasteiger partial charge in [0.25, 0.3) is 0 Å². The highest BCUT2D eigenvalue weighted by molar-refractivity contribution is 5.76. The van der Waals surface area contributed by atoms with Crippen LogP contribution in [-0.2, 0) is 6.42 Å². The van der Waals surface area contributed by atoms with Gasteiger partial charge in [-0.05, 0) is 35.6 Å². The number of anilines is 1. The minimum Gasteiger partial charge on any atom is -0.496 e. The Labute approximate surface area is 113 Å². The number of rotatable bonds is 4. The smallest absolute Gasteiger partial charge is 0.230 e. The molecule has 0 saturated heterocycles. The summed E-state index contributed by atoms with van der Waals surface area (Å²) in [5.41, 5.74) is 9.88. The van der Waals surface area contributed by atoms with Crippen LogP contribution in [0.5, 0.6) is 5.75 Å². The van der Waals surface area contributed by atoms with Gasteiger partial charge < -0.3 is 15.0 Å². The first kappa shape index (κ1) is 13.5. The highest BCUT2D eigenvalue weighted by Crippen LogP contribution is 2.35. The maximum Gasteiger partial charge on any atom is 0.230 e. The van der Waals surface area contributed by atoms with Crippen molar-refractivity contribution < 1.29 is 9.26 Å². The summed E-state index contributed by atoms with van der Waals surface area (Å²) in [6.45, 7) is 6.25. The molecule has 0 aliphatic carbocycles. The van der Waals surface area contributed by atoms with Crippen LogP contribution >= 0.6 is 0 Å². The molecule has 0 fully saturated rings. The topological polar surface area (TPSA) is 61.3 Å². The summed E-state index contributed by atoms with van der Waals surface area (Å²) in [5.74, 6) is 1.53. The third kappa shape index (κ3) is 2.43. The van der Waals surface area contributed by atoms with Crippen LogP contribution in [0.2, 0.25) is 0 Å². The molecular weight excluding hydrogens is 240 g/mol. The van der Waals surface area contributed by atoms with E-state index in [2.05, 4.69) is 32.0 Å². The average Bonchev–Trinajstić information content (AvgIpc) is 2.80. The van der Waals surface area contributed by atoms with Gasteiger partial charge in [0.2, 0.25) is 5.88 Å². The van der Waals surface area contributed by atoms with Crippen molar-refractivity contribution in [2.75, 3.05) is 12.8 Å².